The number of carbonyl (C=O) groups excluding carboxylic acids is 1. The van der Waals surface area contributed by atoms with Crippen molar-refractivity contribution in [2.24, 2.45) is 0 Å². The highest BCUT2D eigenvalue weighted by Gasteiger charge is 2.04. The fraction of sp³-hybridized carbons (Fsp3) is 0.0714. The second-order valence-corrected chi connectivity index (χ2v) is 4.95. The van der Waals surface area contributed by atoms with E-state index >= 15 is 0 Å². The minimum Gasteiger partial charge on any atom is -0.488 e. The van der Waals surface area contributed by atoms with Crippen LogP contribution in [0.2, 0.25) is 5.02 Å². The van der Waals surface area contributed by atoms with Gasteiger partial charge in [0.2, 0.25) is 0 Å². The summed E-state index contributed by atoms with van der Waals surface area (Å²) in [4.78, 5) is 10.6. The van der Waals surface area contributed by atoms with Gasteiger partial charge < -0.3 is 4.74 Å². The third-order valence-corrected chi connectivity index (χ3v) is 3.42. The van der Waals surface area contributed by atoms with Crippen LogP contribution in [-0.2, 0) is 6.61 Å². The van der Waals surface area contributed by atoms with Crippen LogP contribution in [-0.4, -0.2) is 6.29 Å². The molecule has 2 rings (SSSR count). The highest BCUT2D eigenvalue weighted by atomic mass is 79.9. The zero-order valence-electron chi connectivity index (χ0n) is 9.40. The predicted octanol–water partition coefficient (Wildman–Crippen LogP) is 4.49. The average Bonchev–Trinajstić information content (AvgIpc) is 2.39. The molecule has 0 heterocycles. The van der Waals surface area contributed by atoms with Gasteiger partial charge in [-0.3, -0.25) is 4.79 Å². The highest BCUT2D eigenvalue weighted by molar-refractivity contribution is 9.10. The lowest BCUT2D eigenvalue weighted by atomic mass is 10.2. The van der Waals surface area contributed by atoms with Crippen molar-refractivity contribution in [2.45, 2.75) is 6.61 Å². The van der Waals surface area contributed by atoms with Crippen LogP contribution in [0.25, 0.3) is 0 Å². The summed E-state index contributed by atoms with van der Waals surface area (Å²) in [6, 6.07) is 12.7. The first-order valence-electron chi connectivity index (χ1n) is 5.31. The molecule has 0 fully saturated rings. The zero-order chi connectivity index (χ0) is 13.0. The number of hydrogen-bond acceptors (Lipinski definition) is 2. The van der Waals surface area contributed by atoms with Crippen LogP contribution < -0.4 is 4.74 Å². The topological polar surface area (TPSA) is 26.3 Å². The van der Waals surface area contributed by atoms with Crippen molar-refractivity contribution in [3.05, 3.63) is 63.1 Å². The number of benzene rings is 2. The fourth-order valence-electron chi connectivity index (χ4n) is 1.48. The molecule has 0 saturated heterocycles. The molecule has 2 aromatic rings. The van der Waals surface area contributed by atoms with Gasteiger partial charge in [-0.05, 0) is 40.2 Å². The van der Waals surface area contributed by atoms with E-state index in [0.29, 0.717) is 22.9 Å². The maximum absolute atomic E-state index is 10.6. The summed E-state index contributed by atoms with van der Waals surface area (Å²) in [7, 11) is 0. The van der Waals surface area contributed by atoms with E-state index in [1.165, 1.54) is 0 Å². The van der Waals surface area contributed by atoms with E-state index in [0.717, 1.165) is 16.3 Å². The van der Waals surface area contributed by atoms with Gasteiger partial charge in [-0.25, -0.2) is 0 Å². The van der Waals surface area contributed by atoms with Crippen molar-refractivity contribution >= 4 is 33.8 Å². The summed E-state index contributed by atoms with van der Waals surface area (Å²) in [6.45, 7) is 0.388. The number of carbonyl (C=O) groups is 1. The Kier molecular flexibility index (Phi) is 4.39. The molecule has 0 spiro atoms. The minimum absolute atomic E-state index is 0.388. The smallest absolute Gasteiger partial charge is 0.150 e. The Morgan fingerprint density at radius 1 is 1.22 bits per heavy atom. The second-order valence-electron chi connectivity index (χ2n) is 3.69. The first-order valence-corrected chi connectivity index (χ1v) is 6.49. The molecule has 0 aromatic heterocycles. The summed E-state index contributed by atoms with van der Waals surface area (Å²) >= 11 is 9.40. The van der Waals surface area contributed by atoms with Gasteiger partial charge in [-0.15, -0.1) is 0 Å². The number of rotatable bonds is 4. The van der Waals surface area contributed by atoms with Gasteiger partial charge in [0.1, 0.15) is 18.6 Å². The lowest BCUT2D eigenvalue weighted by Crippen LogP contribution is -1.97. The maximum atomic E-state index is 10.6. The first kappa shape index (κ1) is 13.1. The Morgan fingerprint density at radius 3 is 2.67 bits per heavy atom. The van der Waals surface area contributed by atoms with E-state index < -0.39 is 0 Å². The minimum atomic E-state index is 0.388. The van der Waals surface area contributed by atoms with Crippen LogP contribution in [0.15, 0.2) is 46.9 Å². The summed E-state index contributed by atoms with van der Waals surface area (Å²) in [5.41, 5.74) is 1.53. The van der Waals surface area contributed by atoms with Crippen molar-refractivity contribution in [3.8, 4) is 5.75 Å². The molecule has 0 radical (unpaired) electrons. The van der Waals surface area contributed by atoms with Crippen molar-refractivity contribution in [3.63, 3.8) is 0 Å². The van der Waals surface area contributed by atoms with Gasteiger partial charge >= 0.3 is 0 Å². The standard InChI is InChI=1S/C14H10BrClO2/c15-12-7-10(8-17)5-6-14(12)18-9-11-3-1-2-4-13(11)16/h1-8H,9H2. The Balaban J connectivity index is 2.11. The van der Waals surface area contributed by atoms with Gasteiger partial charge in [0.25, 0.3) is 0 Å². The van der Waals surface area contributed by atoms with Crippen molar-refractivity contribution in [1.82, 2.24) is 0 Å². The summed E-state index contributed by atoms with van der Waals surface area (Å²) < 4.78 is 6.41. The Bertz CT molecular complexity index is 569. The number of aldehydes is 1. The molecule has 0 atom stereocenters. The van der Waals surface area contributed by atoms with E-state index in [1.807, 2.05) is 24.3 Å². The molecule has 4 heteroatoms. The lowest BCUT2D eigenvalue weighted by Gasteiger charge is -2.09. The van der Waals surface area contributed by atoms with E-state index in [-0.39, 0.29) is 0 Å². The summed E-state index contributed by atoms with van der Waals surface area (Å²) in [5.74, 6) is 0.681. The molecule has 0 unspecified atom stereocenters. The number of hydrogen-bond donors (Lipinski definition) is 0. The molecule has 0 amide bonds. The monoisotopic (exact) mass is 324 g/mol. The van der Waals surface area contributed by atoms with Gasteiger partial charge in [-0.1, -0.05) is 29.8 Å². The summed E-state index contributed by atoms with van der Waals surface area (Å²) in [6.07, 6.45) is 0.794. The van der Waals surface area contributed by atoms with Crippen molar-refractivity contribution in [1.29, 1.82) is 0 Å². The van der Waals surface area contributed by atoms with Crippen LogP contribution in [0.3, 0.4) is 0 Å². The maximum Gasteiger partial charge on any atom is 0.150 e. The van der Waals surface area contributed by atoms with Gasteiger partial charge in [0.15, 0.2) is 0 Å². The normalized spacial score (nSPS) is 10.1. The molecule has 2 aromatic carbocycles. The molecule has 0 aliphatic heterocycles. The third-order valence-electron chi connectivity index (χ3n) is 2.43. The van der Waals surface area contributed by atoms with Gasteiger partial charge in [-0.2, -0.15) is 0 Å². The number of halogens is 2. The Morgan fingerprint density at radius 2 is 2.00 bits per heavy atom. The molecule has 0 aliphatic rings. The Hall–Kier alpha value is -1.32. The molecule has 2 nitrogen and oxygen atoms in total. The molecule has 0 bridgehead atoms. The van der Waals surface area contributed by atoms with Crippen molar-refractivity contribution in [2.75, 3.05) is 0 Å². The molecule has 0 aliphatic carbocycles. The van der Waals surface area contributed by atoms with E-state index in [4.69, 9.17) is 16.3 Å². The zero-order valence-corrected chi connectivity index (χ0v) is 11.7. The van der Waals surface area contributed by atoms with E-state index in [1.54, 1.807) is 18.2 Å². The second kappa shape index (κ2) is 6.03. The molecular weight excluding hydrogens is 316 g/mol. The number of ether oxygens (including phenoxy) is 1. The molecule has 18 heavy (non-hydrogen) atoms. The SMILES string of the molecule is O=Cc1ccc(OCc2ccccc2Cl)c(Br)c1. The quantitative estimate of drug-likeness (QED) is 0.774. The van der Waals surface area contributed by atoms with Crippen LogP contribution in [0, 0.1) is 0 Å². The van der Waals surface area contributed by atoms with Crippen LogP contribution in [0.5, 0.6) is 5.75 Å². The average molecular weight is 326 g/mol. The van der Waals surface area contributed by atoms with Crippen LogP contribution in [0.1, 0.15) is 15.9 Å². The lowest BCUT2D eigenvalue weighted by molar-refractivity contribution is 0.112. The van der Waals surface area contributed by atoms with Crippen LogP contribution in [0.4, 0.5) is 0 Å². The van der Waals surface area contributed by atoms with Gasteiger partial charge in [0, 0.05) is 16.1 Å². The fourth-order valence-corrected chi connectivity index (χ4v) is 2.18. The third kappa shape index (κ3) is 3.12. The summed E-state index contributed by atoms with van der Waals surface area (Å²) in [5, 5.41) is 0.679. The first-order chi connectivity index (χ1) is 8.70. The highest BCUT2D eigenvalue weighted by Crippen LogP contribution is 2.27. The van der Waals surface area contributed by atoms with E-state index in [9.17, 15) is 4.79 Å². The molecule has 0 N–H and O–H groups in total. The van der Waals surface area contributed by atoms with E-state index in [2.05, 4.69) is 15.9 Å². The predicted molar refractivity (Wildman–Crippen MR) is 75.3 cm³/mol. The molecule has 92 valence electrons. The van der Waals surface area contributed by atoms with Gasteiger partial charge in [0.05, 0.1) is 4.47 Å². The molecular formula is C14H10BrClO2. The Labute approximate surface area is 119 Å². The molecule has 0 saturated carbocycles. The largest absolute Gasteiger partial charge is 0.488 e. The van der Waals surface area contributed by atoms with Crippen LogP contribution >= 0.6 is 27.5 Å². The van der Waals surface area contributed by atoms with Crippen molar-refractivity contribution < 1.29 is 9.53 Å².